The van der Waals surface area contributed by atoms with Gasteiger partial charge in [-0.2, -0.15) is 0 Å². The summed E-state index contributed by atoms with van der Waals surface area (Å²) in [5.41, 5.74) is 6.82. The van der Waals surface area contributed by atoms with Gasteiger partial charge in [0.15, 0.2) is 0 Å². The number of hydrogen-bond donors (Lipinski definition) is 4. The molecule has 214 valence electrons. The first kappa shape index (κ1) is 30.1. The second-order valence-electron chi connectivity index (χ2n) is 11.2. The van der Waals surface area contributed by atoms with Crippen LogP contribution in [0, 0.1) is 11.3 Å². The number of benzene rings is 1. The molecule has 1 aromatic carbocycles. The SMILES string of the molecule is CC(=O)N1CCC2(CCN(C(=O)CNC(=O)C(CC(C)C)NC(=O)CNC(=O)C(N)Cc3ccccc3)C2)C1. The highest BCUT2D eigenvalue weighted by atomic mass is 16.2. The number of nitrogens with one attached hydrogen (secondary N) is 3. The van der Waals surface area contributed by atoms with Crippen LogP contribution < -0.4 is 21.7 Å². The third-order valence-electron chi connectivity index (χ3n) is 7.51. The minimum absolute atomic E-state index is 0.0525. The number of likely N-dealkylation sites (tertiary alicyclic amines) is 2. The normalized spacial score (nSPS) is 20.1. The maximum Gasteiger partial charge on any atom is 0.243 e. The van der Waals surface area contributed by atoms with Crippen LogP contribution in [0.25, 0.3) is 0 Å². The van der Waals surface area contributed by atoms with Gasteiger partial charge in [0.1, 0.15) is 6.04 Å². The van der Waals surface area contributed by atoms with E-state index in [2.05, 4.69) is 16.0 Å². The summed E-state index contributed by atoms with van der Waals surface area (Å²) >= 11 is 0. The van der Waals surface area contributed by atoms with Gasteiger partial charge in [0, 0.05) is 38.5 Å². The van der Waals surface area contributed by atoms with E-state index < -0.39 is 29.8 Å². The molecule has 39 heavy (non-hydrogen) atoms. The number of nitrogens with zero attached hydrogens (tertiary/aromatic N) is 2. The summed E-state index contributed by atoms with van der Waals surface area (Å²) in [4.78, 5) is 65.9. The lowest BCUT2D eigenvalue weighted by Crippen LogP contribution is -2.52. The highest BCUT2D eigenvalue weighted by molar-refractivity contribution is 5.92. The zero-order valence-electron chi connectivity index (χ0n) is 23.2. The van der Waals surface area contributed by atoms with Crippen LogP contribution in [-0.4, -0.2) is 90.7 Å². The molecule has 0 bridgehead atoms. The summed E-state index contributed by atoms with van der Waals surface area (Å²) in [6.45, 7) is 7.49. The first-order chi connectivity index (χ1) is 18.5. The van der Waals surface area contributed by atoms with Crippen LogP contribution in [0.2, 0.25) is 0 Å². The molecule has 3 atom stereocenters. The Balaban J connectivity index is 1.44. The Bertz CT molecular complexity index is 1050. The lowest BCUT2D eigenvalue weighted by atomic mass is 9.86. The van der Waals surface area contributed by atoms with Crippen molar-refractivity contribution in [3.05, 3.63) is 35.9 Å². The van der Waals surface area contributed by atoms with Gasteiger partial charge in [0.05, 0.1) is 19.1 Å². The number of carbonyl (C=O) groups is 5. The average Bonchev–Trinajstić information content (AvgIpc) is 3.52. The largest absolute Gasteiger partial charge is 0.346 e. The van der Waals surface area contributed by atoms with Gasteiger partial charge in [0.25, 0.3) is 0 Å². The highest BCUT2D eigenvalue weighted by Crippen LogP contribution is 2.39. The van der Waals surface area contributed by atoms with Crippen LogP contribution in [0.4, 0.5) is 0 Å². The zero-order valence-corrected chi connectivity index (χ0v) is 23.2. The van der Waals surface area contributed by atoms with Crippen LogP contribution >= 0.6 is 0 Å². The van der Waals surface area contributed by atoms with Gasteiger partial charge in [-0.25, -0.2) is 0 Å². The van der Waals surface area contributed by atoms with Gasteiger partial charge in [-0.3, -0.25) is 24.0 Å². The maximum atomic E-state index is 12.9. The molecule has 0 radical (unpaired) electrons. The summed E-state index contributed by atoms with van der Waals surface area (Å²) < 4.78 is 0. The maximum absolute atomic E-state index is 12.9. The molecule has 2 fully saturated rings. The van der Waals surface area contributed by atoms with Crippen molar-refractivity contribution >= 4 is 29.5 Å². The zero-order chi connectivity index (χ0) is 28.6. The first-order valence-electron chi connectivity index (χ1n) is 13.7. The Kier molecular flexibility index (Phi) is 10.4. The van der Waals surface area contributed by atoms with Crippen LogP contribution in [-0.2, 0) is 30.4 Å². The van der Waals surface area contributed by atoms with E-state index in [1.165, 1.54) is 0 Å². The molecule has 2 saturated heterocycles. The fourth-order valence-electron chi connectivity index (χ4n) is 5.29. The Labute approximate surface area is 230 Å². The van der Waals surface area contributed by atoms with Crippen LogP contribution in [0.5, 0.6) is 0 Å². The molecule has 2 heterocycles. The second kappa shape index (κ2) is 13.5. The van der Waals surface area contributed by atoms with Crippen molar-refractivity contribution in [3.8, 4) is 0 Å². The number of hydrogen-bond acceptors (Lipinski definition) is 6. The Morgan fingerprint density at radius 3 is 2.15 bits per heavy atom. The van der Waals surface area contributed by atoms with Crippen LogP contribution in [0.1, 0.15) is 45.6 Å². The Morgan fingerprint density at radius 1 is 0.923 bits per heavy atom. The van der Waals surface area contributed by atoms with Gasteiger partial charge in [-0.1, -0.05) is 44.2 Å². The third-order valence-corrected chi connectivity index (χ3v) is 7.51. The Hall–Kier alpha value is -3.47. The van der Waals surface area contributed by atoms with E-state index in [4.69, 9.17) is 5.73 Å². The van der Waals surface area contributed by atoms with Gasteiger partial charge < -0.3 is 31.5 Å². The summed E-state index contributed by atoms with van der Waals surface area (Å²) in [6.07, 6.45) is 2.43. The number of rotatable bonds is 11. The van der Waals surface area contributed by atoms with E-state index in [0.717, 1.165) is 18.4 Å². The molecule has 5 amide bonds. The standard InChI is InChI=1S/C28H42N6O5/c1-19(2)13-23(32-24(36)15-30-26(38)22(29)14-21-7-5-4-6-8-21)27(39)31-16-25(37)34-12-10-28(18-34)9-11-33(17-28)20(3)35/h4-8,19,22-23H,9-18,29H2,1-3H3,(H,30,38)(H,31,39)(H,32,36). The quantitative estimate of drug-likeness (QED) is 0.303. The van der Waals surface area contributed by atoms with Crippen molar-refractivity contribution in [1.82, 2.24) is 25.8 Å². The van der Waals surface area contributed by atoms with E-state index in [1.54, 1.807) is 11.8 Å². The molecule has 1 aromatic rings. The van der Waals surface area contributed by atoms with E-state index in [0.29, 0.717) is 39.0 Å². The monoisotopic (exact) mass is 542 g/mol. The van der Waals surface area contributed by atoms with Gasteiger partial charge in [0.2, 0.25) is 29.5 Å². The first-order valence-corrected chi connectivity index (χ1v) is 13.7. The van der Waals surface area contributed by atoms with Crippen molar-refractivity contribution in [3.63, 3.8) is 0 Å². The third kappa shape index (κ3) is 8.77. The van der Waals surface area contributed by atoms with Crippen molar-refractivity contribution in [1.29, 1.82) is 0 Å². The molecule has 5 N–H and O–H groups in total. The highest BCUT2D eigenvalue weighted by Gasteiger charge is 2.45. The Morgan fingerprint density at radius 2 is 1.54 bits per heavy atom. The van der Waals surface area contributed by atoms with Crippen molar-refractivity contribution in [2.24, 2.45) is 17.1 Å². The van der Waals surface area contributed by atoms with Gasteiger partial charge in [-0.05, 0) is 37.2 Å². The van der Waals surface area contributed by atoms with Gasteiger partial charge in [-0.15, -0.1) is 0 Å². The summed E-state index contributed by atoms with van der Waals surface area (Å²) in [7, 11) is 0. The van der Waals surface area contributed by atoms with E-state index in [-0.39, 0.29) is 36.2 Å². The van der Waals surface area contributed by atoms with E-state index in [9.17, 15) is 24.0 Å². The number of carbonyl (C=O) groups excluding carboxylic acids is 5. The minimum Gasteiger partial charge on any atom is -0.346 e. The van der Waals surface area contributed by atoms with Crippen molar-refractivity contribution in [2.75, 3.05) is 39.3 Å². The molecule has 2 aliphatic rings. The molecule has 11 heteroatoms. The van der Waals surface area contributed by atoms with Crippen molar-refractivity contribution in [2.45, 2.75) is 58.5 Å². The predicted octanol–water partition coefficient (Wildman–Crippen LogP) is -0.209. The van der Waals surface area contributed by atoms with E-state index in [1.807, 2.05) is 49.1 Å². The molecule has 3 unspecified atom stereocenters. The van der Waals surface area contributed by atoms with Crippen LogP contribution in [0.15, 0.2) is 30.3 Å². The lowest BCUT2D eigenvalue weighted by Gasteiger charge is -2.25. The molecule has 11 nitrogen and oxygen atoms in total. The number of amides is 5. The summed E-state index contributed by atoms with van der Waals surface area (Å²) in [5, 5.41) is 7.87. The fourth-order valence-corrected chi connectivity index (χ4v) is 5.29. The topological polar surface area (TPSA) is 154 Å². The fraction of sp³-hybridized carbons (Fsp3) is 0.607. The number of nitrogens with two attached hydrogens (primary N) is 1. The predicted molar refractivity (Wildman–Crippen MR) is 146 cm³/mol. The summed E-state index contributed by atoms with van der Waals surface area (Å²) in [6, 6.07) is 7.70. The molecule has 0 saturated carbocycles. The minimum atomic E-state index is -0.843. The molecule has 1 spiro atoms. The second-order valence-corrected chi connectivity index (χ2v) is 11.2. The lowest BCUT2D eigenvalue weighted by molar-refractivity contribution is -0.134. The van der Waals surface area contributed by atoms with Gasteiger partial charge >= 0.3 is 0 Å². The van der Waals surface area contributed by atoms with Crippen LogP contribution in [0.3, 0.4) is 0 Å². The van der Waals surface area contributed by atoms with E-state index >= 15 is 0 Å². The summed E-state index contributed by atoms with van der Waals surface area (Å²) in [5.74, 6) is -1.44. The molecule has 3 rings (SSSR count). The molecule has 2 aliphatic heterocycles. The molecule has 0 aromatic heterocycles. The molecule has 0 aliphatic carbocycles. The average molecular weight is 543 g/mol. The van der Waals surface area contributed by atoms with Crippen molar-refractivity contribution < 1.29 is 24.0 Å². The smallest absolute Gasteiger partial charge is 0.243 e. The molecular weight excluding hydrogens is 500 g/mol. The molecular formula is C28H42N6O5.